The Balaban J connectivity index is 2.03. The maximum atomic E-state index is 13.9. The minimum atomic E-state index is -1.11. The van der Waals surface area contributed by atoms with Gasteiger partial charge in [0.05, 0.1) is 45.0 Å². The van der Waals surface area contributed by atoms with E-state index in [0.29, 0.717) is 35.3 Å². The summed E-state index contributed by atoms with van der Waals surface area (Å²) in [6.45, 7) is 4.40. The Morgan fingerprint density at radius 3 is 2.31 bits per heavy atom. The average molecular weight is 482 g/mol. The molecule has 0 spiro atoms. The first-order chi connectivity index (χ1) is 17.0. The van der Waals surface area contributed by atoms with Gasteiger partial charge in [-0.3, -0.25) is 14.5 Å². The number of benzene rings is 2. The summed E-state index contributed by atoms with van der Waals surface area (Å²) >= 11 is 0. The van der Waals surface area contributed by atoms with Gasteiger partial charge in [-0.2, -0.15) is 0 Å². The van der Waals surface area contributed by atoms with Gasteiger partial charge in [0, 0.05) is 6.54 Å². The highest BCUT2D eigenvalue weighted by molar-refractivity contribution is 6.08. The van der Waals surface area contributed by atoms with Crippen molar-refractivity contribution in [2.75, 3.05) is 39.4 Å². The van der Waals surface area contributed by atoms with Crippen LogP contribution in [0.25, 0.3) is 11.0 Å². The number of nitrogens with zero attached hydrogens (tertiary/aromatic N) is 3. The summed E-state index contributed by atoms with van der Waals surface area (Å²) in [6, 6.07) is 10.5. The number of rotatable bonds is 9. The van der Waals surface area contributed by atoms with Crippen LogP contribution in [0.3, 0.4) is 0 Å². The van der Waals surface area contributed by atoms with Crippen molar-refractivity contribution in [3.63, 3.8) is 0 Å². The highest BCUT2D eigenvalue weighted by Gasteiger charge is 2.48. The number of para-hydroxylation sites is 2. The van der Waals surface area contributed by atoms with E-state index >= 15 is 0 Å². The first kappa shape index (κ1) is 24.4. The van der Waals surface area contributed by atoms with Gasteiger partial charge in [-0.05, 0) is 43.2 Å². The third kappa shape index (κ3) is 4.15. The van der Waals surface area contributed by atoms with E-state index in [9.17, 15) is 9.59 Å². The van der Waals surface area contributed by atoms with E-state index < -0.39 is 17.9 Å². The number of aromatic nitrogens is 2. The Hall–Kier alpha value is -3.75. The van der Waals surface area contributed by atoms with Crippen molar-refractivity contribution in [2.45, 2.75) is 32.7 Å². The lowest BCUT2D eigenvalue weighted by Crippen LogP contribution is -2.50. The van der Waals surface area contributed by atoms with Gasteiger partial charge in [0.1, 0.15) is 0 Å². The van der Waals surface area contributed by atoms with Gasteiger partial charge < -0.3 is 23.5 Å². The summed E-state index contributed by atoms with van der Waals surface area (Å²) in [7, 11) is 4.58. The van der Waals surface area contributed by atoms with Crippen molar-refractivity contribution < 1.29 is 28.5 Å². The molecule has 9 heteroatoms. The number of esters is 1. The molecular formula is C26H31N3O6. The zero-order chi connectivity index (χ0) is 25.1. The van der Waals surface area contributed by atoms with Gasteiger partial charge in [0.15, 0.2) is 17.4 Å². The van der Waals surface area contributed by atoms with Gasteiger partial charge in [-0.25, -0.2) is 4.98 Å². The topological polar surface area (TPSA) is 92.1 Å². The normalized spacial score (nSPS) is 17.3. The molecule has 2 aromatic carbocycles. The van der Waals surface area contributed by atoms with E-state index in [1.54, 1.807) is 24.0 Å². The molecule has 0 unspecified atom stereocenters. The molecule has 0 saturated carbocycles. The fourth-order valence-electron chi connectivity index (χ4n) is 4.65. The van der Waals surface area contributed by atoms with Crippen LogP contribution < -0.4 is 19.1 Å². The number of methoxy groups -OCH3 is 3. The Morgan fingerprint density at radius 1 is 1.03 bits per heavy atom. The van der Waals surface area contributed by atoms with Crippen LogP contribution >= 0.6 is 0 Å². The zero-order valence-electron chi connectivity index (χ0n) is 20.7. The molecule has 3 aromatic rings. The fraction of sp³-hybridized carbons (Fsp3) is 0.423. The maximum absolute atomic E-state index is 13.9. The van der Waals surface area contributed by atoms with Crippen LogP contribution in [0, 0.1) is 5.92 Å². The summed E-state index contributed by atoms with van der Waals surface area (Å²) < 4.78 is 24.0. The van der Waals surface area contributed by atoms with E-state index in [0.717, 1.165) is 23.9 Å². The maximum Gasteiger partial charge on any atom is 0.321 e. The summed E-state index contributed by atoms with van der Waals surface area (Å²) in [4.78, 5) is 33.6. The lowest BCUT2D eigenvalue weighted by atomic mass is 9.89. The number of imidazole rings is 1. The molecule has 2 heterocycles. The van der Waals surface area contributed by atoms with Gasteiger partial charge in [-0.15, -0.1) is 0 Å². The van der Waals surface area contributed by atoms with E-state index in [4.69, 9.17) is 23.9 Å². The van der Waals surface area contributed by atoms with Crippen LogP contribution in [0.2, 0.25) is 0 Å². The van der Waals surface area contributed by atoms with Crippen LogP contribution in [0.4, 0.5) is 5.95 Å². The van der Waals surface area contributed by atoms with Gasteiger partial charge in [0.25, 0.3) is 0 Å². The molecule has 186 valence electrons. The van der Waals surface area contributed by atoms with Crippen LogP contribution in [0.1, 0.15) is 38.3 Å². The van der Waals surface area contributed by atoms with E-state index in [1.165, 1.54) is 21.3 Å². The smallest absolute Gasteiger partial charge is 0.321 e. The molecule has 0 radical (unpaired) electrons. The lowest BCUT2D eigenvalue weighted by molar-refractivity contribution is -0.153. The molecule has 0 saturated heterocycles. The second-order valence-corrected chi connectivity index (χ2v) is 8.25. The average Bonchev–Trinajstić information content (AvgIpc) is 3.25. The van der Waals surface area contributed by atoms with Gasteiger partial charge in [-0.1, -0.05) is 25.5 Å². The van der Waals surface area contributed by atoms with Crippen molar-refractivity contribution in [2.24, 2.45) is 5.92 Å². The van der Waals surface area contributed by atoms with Crippen LogP contribution in [0.15, 0.2) is 36.4 Å². The molecule has 0 fully saturated rings. The van der Waals surface area contributed by atoms with Gasteiger partial charge in [0.2, 0.25) is 17.6 Å². The minimum Gasteiger partial charge on any atom is -0.493 e. The second kappa shape index (κ2) is 10.2. The van der Waals surface area contributed by atoms with Crippen LogP contribution in [-0.4, -0.2) is 55.9 Å². The predicted octanol–water partition coefficient (Wildman–Crippen LogP) is 3.98. The Labute approximate surface area is 204 Å². The number of hydrogen-bond donors (Lipinski definition) is 0. The van der Waals surface area contributed by atoms with Crippen molar-refractivity contribution in [3.05, 3.63) is 42.0 Å². The van der Waals surface area contributed by atoms with E-state index in [1.807, 2.05) is 28.8 Å². The third-order valence-electron chi connectivity index (χ3n) is 6.25. The Morgan fingerprint density at radius 2 is 1.71 bits per heavy atom. The molecule has 0 bridgehead atoms. The molecule has 35 heavy (non-hydrogen) atoms. The SMILES string of the molecule is CCCCN1C(=O)[C@@H](C(=O)OCC)[C@@H](c2cc(OC)c(OC)c(OC)c2)n2c1nc1ccccc12. The number of ether oxygens (including phenoxy) is 4. The van der Waals surface area contributed by atoms with Crippen molar-refractivity contribution in [3.8, 4) is 17.2 Å². The third-order valence-corrected chi connectivity index (χ3v) is 6.25. The summed E-state index contributed by atoms with van der Waals surface area (Å²) in [5.41, 5.74) is 2.19. The lowest BCUT2D eigenvalue weighted by Gasteiger charge is -2.38. The highest BCUT2D eigenvalue weighted by Crippen LogP contribution is 2.46. The first-order valence-corrected chi connectivity index (χ1v) is 11.7. The van der Waals surface area contributed by atoms with Crippen molar-refractivity contribution >= 4 is 28.9 Å². The molecule has 1 amide bonds. The molecule has 1 aliphatic heterocycles. The van der Waals surface area contributed by atoms with Crippen LogP contribution in [0.5, 0.6) is 17.2 Å². The largest absolute Gasteiger partial charge is 0.493 e. The predicted molar refractivity (Wildman–Crippen MR) is 131 cm³/mol. The summed E-state index contributed by atoms with van der Waals surface area (Å²) in [5.74, 6) is -0.246. The van der Waals surface area contributed by atoms with Crippen LogP contribution in [-0.2, 0) is 14.3 Å². The van der Waals surface area contributed by atoms with E-state index in [-0.39, 0.29) is 12.5 Å². The standard InChI is InChI=1S/C26H31N3O6/c1-6-8-13-28-24(30)21(25(31)35-7-2)22(29-18-12-10-9-11-17(18)27-26(28)29)16-14-19(32-3)23(34-5)20(15-16)33-4/h9-12,14-15,21-22H,6-8,13H2,1-5H3/t21-,22+/m0/s1. The number of hydrogen-bond acceptors (Lipinski definition) is 7. The Kier molecular flexibility index (Phi) is 7.14. The minimum absolute atomic E-state index is 0.164. The van der Waals surface area contributed by atoms with Gasteiger partial charge >= 0.3 is 5.97 Å². The molecule has 0 aliphatic carbocycles. The van der Waals surface area contributed by atoms with Crippen molar-refractivity contribution in [1.82, 2.24) is 9.55 Å². The summed E-state index contributed by atoms with van der Waals surface area (Å²) in [6.07, 6.45) is 1.67. The number of amides is 1. The Bertz CT molecular complexity index is 1210. The molecule has 4 rings (SSSR count). The fourth-order valence-corrected chi connectivity index (χ4v) is 4.65. The molecule has 1 aliphatic rings. The molecule has 1 aromatic heterocycles. The monoisotopic (exact) mass is 481 g/mol. The number of fused-ring (bicyclic) bond motifs is 3. The second-order valence-electron chi connectivity index (χ2n) is 8.25. The van der Waals surface area contributed by atoms with Crippen molar-refractivity contribution in [1.29, 1.82) is 0 Å². The molecular weight excluding hydrogens is 450 g/mol. The quantitative estimate of drug-likeness (QED) is 0.337. The molecule has 2 atom stereocenters. The number of anilines is 1. The van der Waals surface area contributed by atoms with E-state index in [2.05, 4.69) is 6.92 Å². The number of unbranched alkanes of at least 4 members (excludes halogenated alkanes) is 1. The number of carbonyl (C=O) groups is 2. The number of carbonyl (C=O) groups excluding carboxylic acids is 2. The summed E-state index contributed by atoms with van der Waals surface area (Å²) in [5, 5.41) is 0. The molecule has 0 N–H and O–H groups in total. The highest BCUT2D eigenvalue weighted by atomic mass is 16.5. The molecule has 9 nitrogen and oxygen atoms in total. The first-order valence-electron chi connectivity index (χ1n) is 11.7. The zero-order valence-corrected chi connectivity index (χ0v) is 20.7.